The van der Waals surface area contributed by atoms with E-state index in [0.29, 0.717) is 0 Å². The van der Waals surface area contributed by atoms with Gasteiger partial charge >= 0.3 is 0 Å². The van der Waals surface area contributed by atoms with Crippen LogP contribution < -0.4 is 10.2 Å². The lowest BCUT2D eigenvalue weighted by molar-refractivity contribution is -0.128. The summed E-state index contributed by atoms with van der Waals surface area (Å²) in [7, 11) is 1.95. The van der Waals surface area contributed by atoms with E-state index in [2.05, 4.69) is 43.4 Å². The SMILES string of the molecule is CNCCCC1(C)CC2=CC(Cl)CC=C2N(c2ccc(C)cc2)C1=O. The quantitative estimate of drug-likeness (QED) is 0.618. The standard InChI is InChI=1S/C21H27ClN2O/c1-15-5-8-18(9-6-15)24-19-10-7-17(22)13-16(19)14-21(2,20(24)25)11-4-12-23-3/h5-6,8-10,13,17,23H,4,7,11-12,14H2,1-3H3. The number of halogens is 1. The lowest BCUT2D eigenvalue weighted by Crippen LogP contribution is -2.48. The first-order valence-corrected chi connectivity index (χ1v) is 9.49. The summed E-state index contributed by atoms with van der Waals surface area (Å²) in [6.45, 7) is 5.09. The average molecular weight is 359 g/mol. The first kappa shape index (κ1) is 18.2. The Morgan fingerprint density at radius 2 is 2.04 bits per heavy atom. The van der Waals surface area contributed by atoms with E-state index in [1.54, 1.807) is 0 Å². The fourth-order valence-corrected chi connectivity index (χ4v) is 4.03. The molecule has 1 heterocycles. The van der Waals surface area contributed by atoms with E-state index >= 15 is 0 Å². The van der Waals surface area contributed by atoms with Gasteiger partial charge in [-0.1, -0.05) is 36.8 Å². The summed E-state index contributed by atoms with van der Waals surface area (Å²) in [6.07, 6.45) is 7.65. The molecule has 2 unspecified atom stereocenters. The molecule has 1 N–H and O–H groups in total. The van der Waals surface area contributed by atoms with Crippen molar-refractivity contribution < 1.29 is 4.79 Å². The first-order chi connectivity index (χ1) is 11.9. The van der Waals surface area contributed by atoms with Gasteiger partial charge in [-0.05, 0) is 63.9 Å². The summed E-state index contributed by atoms with van der Waals surface area (Å²) in [6, 6.07) is 8.20. The number of hydrogen-bond acceptors (Lipinski definition) is 2. The number of benzene rings is 1. The van der Waals surface area contributed by atoms with E-state index in [-0.39, 0.29) is 11.3 Å². The fourth-order valence-electron chi connectivity index (χ4n) is 3.79. The Morgan fingerprint density at radius 3 is 2.72 bits per heavy atom. The van der Waals surface area contributed by atoms with Crippen LogP contribution in [0.15, 0.2) is 47.7 Å². The van der Waals surface area contributed by atoms with E-state index in [1.807, 2.05) is 24.1 Å². The number of aryl methyl sites for hydroxylation is 1. The lowest BCUT2D eigenvalue weighted by atomic mass is 9.73. The number of carbonyl (C=O) groups is 1. The van der Waals surface area contributed by atoms with Gasteiger partial charge in [-0.2, -0.15) is 0 Å². The van der Waals surface area contributed by atoms with E-state index in [9.17, 15) is 4.79 Å². The van der Waals surface area contributed by atoms with Crippen LogP contribution >= 0.6 is 11.6 Å². The molecule has 134 valence electrons. The number of nitrogens with one attached hydrogen (secondary N) is 1. The van der Waals surface area contributed by atoms with Crippen LogP contribution in [0.1, 0.15) is 38.2 Å². The van der Waals surface area contributed by atoms with Crippen LogP contribution in [0.5, 0.6) is 0 Å². The summed E-state index contributed by atoms with van der Waals surface area (Å²) in [5.41, 5.74) is 3.98. The Hall–Kier alpha value is -1.58. The zero-order valence-electron chi connectivity index (χ0n) is 15.3. The molecule has 1 fully saturated rings. The third-order valence-electron chi connectivity index (χ3n) is 5.24. The van der Waals surface area contributed by atoms with Crippen LogP contribution in [0.3, 0.4) is 0 Å². The number of piperidine rings is 1. The predicted molar refractivity (Wildman–Crippen MR) is 105 cm³/mol. The molecule has 0 aromatic heterocycles. The van der Waals surface area contributed by atoms with Crippen LogP contribution in [-0.2, 0) is 4.79 Å². The van der Waals surface area contributed by atoms with Crippen molar-refractivity contribution in [3.63, 3.8) is 0 Å². The molecule has 1 aliphatic carbocycles. The second-order valence-corrected chi connectivity index (χ2v) is 8.01. The average Bonchev–Trinajstić information content (AvgIpc) is 2.58. The van der Waals surface area contributed by atoms with Crippen LogP contribution in [-0.4, -0.2) is 24.9 Å². The Kier molecular flexibility index (Phi) is 5.35. The number of fused-ring (bicyclic) bond motifs is 1. The number of rotatable bonds is 5. The van der Waals surface area contributed by atoms with Gasteiger partial charge in [0.2, 0.25) is 5.91 Å². The zero-order chi connectivity index (χ0) is 18.0. The van der Waals surface area contributed by atoms with E-state index in [0.717, 1.165) is 43.6 Å². The summed E-state index contributed by atoms with van der Waals surface area (Å²) in [5.74, 6) is 0.198. The minimum atomic E-state index is -0.390. The second-order valence-electron chi connectivity index (χ2n) is 7.45. The third-order valence-corrected chi connectivity index (χ3v) is 5.54. The normalized spacial score (nSPS) is 26.2. The van der Waals surface area contributed by atoms with Crippen LogP contribution in [0.4, 0.5) is 5.69 Å². The molecule has 2 aliphatic rings. The smallest absolute Gasteiger partial charge is 0.237 e. The molecule has 3 nitrogen and oxygen atoms in total. The van der Waals surface area contributed by atoms with Crippen LogP contribution in [0, 0.1) is 12.3 Å². The number of nitrogens with zero attached hydrogens (tertiary/aromatic N) is 1. The highest BCUT2D eigenvalue weighted by molar-refractivity contribution is 6.22. The van der Waals surface area contributed by atoms with Crippen LogP contribution in [0.25, 0.3) is 0 Å². The van der Waals surface area contributed by atoms with Crippen molar-refractivity contribution in [3.8, 4) is 0 Å². The molecule has 0 spiro atoms. The van der Waals surface area contributed by atoms with Gasteiger partial charge < -0.3 is 5.32 Å². The van der Waals surface area contributed by atoms with Crippen molar-refractivity contribution in [1.82, 2.24) is 5.32 Å². The topological polar surface area (TPSA) is 32.3 Å². The minimum absolute atomic E-state index is 0.0216. The van der Waals surface area contributed by atoms with Crippen LogP contribution in [0.2, 0.25) is 0 Å². The van der Waals surface area contributed by atoms with Gasteiger partial charge in [0.25, 0.3) is 0 Å². The van der Waals surface area contributed by atoms with Crippen molar-refractivity contribution in [2.45, 2.75) is 44.9 Å². The Labute approximate surface area is 155 Å². The fraction of sp³-hybridized carbons (Fsp3) is 0.476. The molecule has 2 atom stereocenters. The molecule has 4 heteroatoms. The molecule has 25 heavy (non-hydrogen) atoms. The van der Waals surface area contributed by atoms with Crippen molar-refractivity contribution >= 4 is 23.2 Å². The first-order valence-electron chi connectivity index (χ1n) is 9.06. The Bertz CT molecular complexity index is 707. The predicted octanol–water partition coefficient (Wildman–Crippen LogP) is 4.56. The van der Waals surface area contributed by atoms with Gasteiger partial charge in [-0.3, -0.25) is 9.69 Å². The number of hydrogen-bond donors (Lipinski definition) is 1. The molecule has 1 aromatic carbocycles. The molecular weight excluding hydrogens is 332 g/mol. The summed E-state index contributed by atoms with van der Waals surface area (Å²) >= 11 is 6.37. The van der Waals surface area contributed by atoms with Gasteiger partial charge in [-0.15, -0.1) is 11.6 Å². The van der Waals surface area contributed by atoms with E-state index in [4.69, 9.17) is 11.6 Å². The lowest BCUT2D eigenvalue weighted by Gasteiger charge is -2.44. The molecule has 0 bridgehead atoms. The number of alkyl halides is 1. The molecule has 1 aromatic rings. The van der Waals surface area contributed by atoms with Crippen molar-refractivity contribution in [2.75, 3.05) is 18.5 Å². The van der Waals surface area contributed by atoms with Crippen molar-refractivity contribution in [3.05, 3.63) is 53.3 Å². The van der Waals surface area contributed by atoms with Crippen molar-refractivity contribution in [2.24, 2.45) is 5.41 Å². The maximum Gasteiger partial charge on any atom is 0.237 e. The summed E-state index contributed by atoms with van der Waals surface area (Å²) < 4.78 is 0. The van der Waals surface area contributed by atoms with Gasteiger partial charge in [0.1, 0.15) is 0 Å². The highest BCUT2D eigenvalue weighted by Gasteiger charge is 2.44. The number of allylic oxidation sites excluding steroid dienone is 3. The number of amides is 1. The molecule has 1 amide bonds. The Balaban J connectivity index is 1.99. The molecule has 1 saturated heterocycles. The monoisotopic (exact) mass is 358 g/mol. The minimum Gasteiger partial charge on any atom is -0.320 e. The van der Waals surface area contributed by atoms with E-state index in [1.165, 1.54) is 11.1 Å². The summed E-state index contributed by atoms with van der Waals surface area (Å²) in [4.78, 5) is 15.4. The van der Waals surface area contributed by atoms with Gasteiger partial charge in [0.15, 0.2) is 0 Å². The molecule has 1 aliphatic heterocycles. The molecule has 0 saturated carbocycles. The molecular formula is C21H27ClN2O. The number of anilines is 1. The highest BCUT2D eigenvalue weighted by Crippen LogP contribution is 2.46. The van der Waals surface area contributed by atoms with Gasteiger partial charge in [0, 0.05) is 11.4 Å². The van der Waals surface area contributed by atoms with Gasteiger partial charge in [-0.25, -0.2) is 0 Å². The zero-order valence-corrected chi connectivity index (χ0v) is 16.1. The Morgan fingerprint density at radius 1 is 1.32 bits per heavy atom. The third kappa shape index (κ3) is 3.68. The second kappa shape index (κ2) is 7.35. The molecule has 3 rings (SSSR count). The summed E-state index contributed by atoms with van der Waals surface area (Å²) in [5, 5.41) is 3.20. The van der Waals surface area contributed by atoms with E-state index < -0.39 is 5.41 Å². The number of carbonyl (C=O) groups excluding carboxylic acids is 1. The highest BCUT2D eigenvalue weighted by atomic mass is 35.5. The molecule has 0 radical (unpaired) electrons. The maximum atomic E-state index is 13.5. The maximum absolute atomic E-state index is 13.5. The van der Waals surface area contributed by atoms with Gasteiger partial charge in [0.05, 0.1) is 10.8 Å². The van der Waals surface area contributed by atoms with Crippen molar-refractivity contribution in [1.29, 1.82) is 0 Å². The largest absolute Gasteiger partial charge is 0.320 e.